The number of hydrogen-bond acceptors (Lipinski definition) is 3. The molecule has 1 heterocycles. The van der Waals surface area contributed by atoms with E-state index in [1.54, 1.807) is 6.07 Å². The molecule has 0 amide bonds. The highest BCUT2D eigenvalue weighted by atomic mass is 16.6. The molecule has 1 unspecified atom stereocenters. The summed E-state index contributed by atoms with van der Waals surface area (Å²) >= 11 is 0. The Balaban J connectivity index is 2.25. The van der Waals surface area contributed by atoms with Crippen molar-refractivity contribution in [3.05, 3.63) is 29.3 Å². The zero-order valence-electron chi connectivity index (χ0n) is 12.3. The smallest absolute Gasteiger partial charge is 0.130 e. The molecule has 1 fully saturated rings. The van der Waals surface area contributed by atoms with Crippen molar-refractivity contribution in [2.24, 2.45) is 0 Å². The molecule has 3 nitrogen and oxygen atoms in total. The monoisotopic (exact) mass is 259 g/mol. The molecule has 1 aliphatic heterocycles. The Kier molecular flexibility index (Phi) is 3.32. The van der Waals surface area contributed by atoms with Crippen LogP contribution in [-0.2, 0) is 4.74 Å². The first kappa shape index (κ1) is 13.9. The van der Waals surface area contributed by atoms with Crippen LogP contribution in [0.4, 0.5) is 0 Å². The van der Waals surface area contributed by atoms with Crippen molar-refractivity contribution >= 4 is 0 Å². The van der Waals surface area contributed by atoms with Gasteiger partial charge in [-0.05, 0) is 52.3 Å². The number of rotatable bonds is 2. The molecule has 0 aliphatic carbocycles. The first-order valence-electron chi connectivity index (χ1n) is 6.61. The van der Waals surface area contributed by atoms with Gasteiger partial charge in [-0.2, -0.15) is 5.26 Å². The van der Waals surface area contributed by atoms with Crippen LogP contribution in [0.1, 0.15) is 45.2 Å². The fourth-order valence-corrected chi connectivity index (χ4v) is 2.65. The highest BCUT2D eigenvalue weighted by Gasteiger charge is 2.47. The first-order chi connectivity index (χ1) is 8.73. The molecule has 0 N–H and O–H groups in total. The molecular weight excluding hydrogens is 238 g/mol. The molecule has 19 heavy (non-hydrogen) atoms. The van der Waals surface area contributed by atoms with Gasteiger partial charge in [-0.3, -0.25) is 0 Å². The largest absolute Gasteiger partial charge is 0.487 e. The zero-order chi connectivity index (χ0) is 14.3. The molecule has 1 saturated heterocycles. The van der Waals surface area contributed by atoms with Gasteiger partial charge in [0, 0.05) is 6.42 Å². The Hall–Kier alpha value is -1.53. The maximum Gasteiger partial charge on any atom is 0.130 e. The molecule has 102 valence electrons. The van der Waals surface area contributed by atoms with Crippen LogP contribution >= 0.6 is 0 Å². The van der Waals surface area contributed by atoms with Gasteiger partial charge >= 0.3 is 0 Å². The molecule has 0 bridgehead atoms. The minimum absolute atomic E-state index is 0.00450. The molecular formula is C16H21NO2. The SMILES string of the molecule is Cc1ccc(C#N)cc1OC1CC(C)(C)OC1(C)C. The third kappa shape index (κ3) is 2.90. The minimum Gasteiger partial charge on any atom is -0.487 e. The van der Waals surface area contributed by atoms with Gasteiger partial charge in [-0.15, -0.1) is 0 Å². The quantitative estimate of drug-likeness (QED) is 0.815. The Morgan fingerprint density at radius 1 is 1.32 bits per heavy atom. The van der Waals surface area contributed by atoms with Gasteiger partial charge in [0.1, 0.15) is 17.5 Å². The van der Waals surface area contributed by atoms with E-state index in [0.717, 1.165) is 17.7 Å². The molecule has 1 atom stereocenters. The van der Waals surface area contributed by atoms with Crippen molar-refractivity contribution in [2.45, 2.75) is 58.3 Å². The van der Waals surface area contributed by atoms with Gasteiger partial charge in [-0.25, -0.2) is 0 Å². The molecule has 2 rings (SSSR count). The lowest BCUT2D eigenvalue weighted by Gasteiger charge is -2.28. The topological polar surface area (TPSA) is 42.2 Å². The molecule has 0 saturated carbocycles. The predicted octanol–water partition coefficient (Wildman–Crippen LogP) is 3.59. The van der Waals surface area contributed by atoms with Crippen LogP contribution in [0.5, 0.6) is 5.75 Å². The van der Waals surface area contributed by atoms with E-state index in [1.165, 1.54) is 0 Å². The van der Waals surface area contributed by atoms with Crippen LogP contribution in [0.3, 0.4) is 0 Å². The fraction of sp³-hybridized carbons (Fsp3) is 0.562. The number of hydrogen-bond donors (Lipinski definition) is 0. The predicted molar refractivity (Wildman–Crippen MR) is 74.2 cm³/mol. The standard InChI is InChI=1S/C16H21NO2/c1-11-6-7-12(10-17)8-13(11)18-14-9-15(2,3)19-16(14,4)5/h6-8,14H,9H2,1-5H3. The van der Waals surface area contributed by atoms with Crippen LogP contribution in [0.2, 0.25) is 0 Å². The van der Waals surface area contributed by atoms with Crippen molar-refractivity contribution in [3.8, 4) is 11.8 Å². The summed E-state index contributed by atoms with van der Waals surface area (Å²) in [7, 11) is 0. The average molecular weight is 259 g/mol. The van der Waals surface area contributed by atoms with E-state index < -0.39 is 0 Å². The van der Waals surface area contributed by atoms with Crippen LogP contribution in [-0.4, -0.2) is 17.3 Å². The number of ether oxygens (including phenoxy) is 2. The summed E-state index contributed by atoms with van der Waals surface area (Å²) in [6.45, 7) is 10.3. The van der Waals surface area contributed by atoms with Crippen molar-refractivity contribution in [1.29, 1.82) is 5.26 Å². The van der Waals surface area contributed by atoms with Crippen molar-refractivity contribution in [3.63, 3.8) is 0 Å². The van der Waals surface area contributed by atoms with Gasteiger partial charge < -0.3 is 9.47 Å². The van der Waals surface area contributed by atoms with E-state index in [4.69, 9.17) is 14.7 Å². The highest BCUT2D eigenvalue weighted by molar-refractivity contribution is 5.42. The maximum absolute atomic E-state index is 8.97. The summed E-state index contributed by atoms with van der Waals surface area (Å²) in [5.41, 5.74) is 1.17. The van der Waals surface area contributed by atoms with E-state index in [0.29, 0.717) is 5.56 Å². The molecule has 0 spiro atoms. The molecule has 1 aromatic carbocycles. The number of aryl methyl sites for hydroxylation is 1. The van der Waals surface area contributed by atoms with Crippen LogP contribution in [0, 0.1) is 18.3 Å². The normalized spacial score (nSPS) is 23.9. The lowest BCUT2D eigenvalue weighted by Crippen LogP contribution is -2.36. The minimum atomic E-state index is -0.321. The van der Waals surface area contributed by atoms with Crippen molar-refractivity contribution in [2.75, 3.05) is 0 Å². The molecule has 1 aliphatic rings. The van der Waals surface area contributed by atoms with Gasteiger partial charge in [0.05, 0.1) is 17.2 Å². The van der Waals surface area contributed by atoms with E-state index in [-0.39, 0.29) is 17.3 Å². The highest BCUT2D eigenvalue weighted by Crippen LogP contribution is 2.40. The second-order valence-electron chi connectivity index (χ2n) is 6.37. The average Bonchev–Trinajstić information content (AvgIpc) is 2.49. The molecule has 3 heteroatoms. The summed E-state index contributed by atoms with van der Waals surface area (Å²) in [4.78, 5) is 0. The zero-order valence-corrected chi connectivity index (χ0v) is 12.3. The van der Waals surface area contributed by atoms with E-state index in [1.807, 2.05) is 19.1 Å². The first-order valence-corrected chi connectivity index (χ1v) is 6.61. The molecule has 1 aromatic rings. The second-order valence-corrected chi connectivity index (χ2v) is 6.37. The Morgan fingerprint density at radius 2 is 2.00 bits per heavy atom. The van der Waals surface area contributed by atoms with Crippen LogP contribution in [0.15, 0.2) is 18.2 Å². The van der Waals surface area contributed by atoms with Gasteiger partial charge in [0.25, 0.3) is 0 Å². The fourth-order valence-electron chi connectivity index (χ4n) is 2.65. The van der Waals surface area contributed by atoms with Crippen LogP contribution < -0.4 is 4.74 Å². The van der Waals surface area contributed by atoms with Gasteiger partial charge in [-0.1, -0.05) is 6.07 Å². The third-order valence-corrected chi connectivity index (χ3v) is 3.58. The molecule has 0 radical (unpaired) electrons. The lowest BCUT2D eigenvalue weighted by atomic mass is 9.97. The number of benzene rings is 1. The summed E-state index contributed by atoms with van der Waals surface area (Å²) in [6, 6.07) is 7.67. The van der Waals surface area contributed by atoms with E-state index >= 15 is 0 Å². The van der Waals surface area contributed by atoms with E-state index in [2.05, 4.69) is 33.8 Å². The Bertz CT molecular complexity index is 526. The number of nitrogens with zero attached hydrogens (tertiary/aromatic N) is 1. The second kappa shape index (κ2) is 4.54. The Morgan fingerprint density at radius 3 is 2.53 bits per heavy atom. The van der Waals surface area contributed by atoms with Crippen LogP contribution in [0.25, 0.3) is 0 Å². The maximum atomic E-state index is 8.97. The van der Waals surface area contributed by atoms with Gasteiger partial charge in [0.2, 0.25) is 0 Å². The van der Waals surface area contributed by atoms with Crippen molar-refractivity contribution < 1.29 is 9.47 Å². The molecule has 0 aromatic heterocycles. The summed E-state index contributed by atoms with van der Waals surface area (Å²) in [5, 5.41) is 8.97. The van der Waals surface area contributed by atoms with Gasteiger partial charge in [0.15, 0.2) is 0 Å². The lowest BCUT2D eigenvalue weighted by molar-refractivity contribution is -0.0846. The van der Waals surface area contributed by atoms with E-state index in [9.17, 15) is 0 Å². The summed E-state index contributed by atoms with van der Waals surface area (Å²) < 4.78 is 12.2. The summed E-state index contributed by atoms with van der Waals surface area (Å²) in [6.07, 6.45) is 0.839. The van der Waals surface area contributed by atoms with Crippen molar-refractivity contribution in [1.82, 2.24) is 0 Å². The summed E-state index contributed by atoms with van der Waals surface area (Å²) in [5.74, 6) is 0.776. The number of nitriles is 1. The Labute approximate surface area is 115 Å². The third-order valence-electron chi connectivity index (χ3n) is 3.58.